The molecule has 0 saturated carbocycles. The molecule has 0 unspecified atom stereocenters. The highest BCUT2D eigenvalue weighted by Crippen LogP contribution is 2.31. The number of anilines is 1. The highest BCUT2D eigenvalue weighted by atomic mass is 32.1. The predicted molar refractivity (Wildman–Crippen MR) is 71.4 cm³/mol. The minimum absolute atomic E-state index is 0.293. The molecule has 0 fully saturated rings. The van der Waals surface area contributed by atoms with Gasteiger partial charge < -0.3 is 10.5 Å². The first kappa shape index (κ1) is 11.9. The monoisotopic (exact) mass is 249 g/mol. The van der Waals surface area contributed by atoms with Crippen molar-refractivity contribution in [2.45, 2.75) is 26.4 Å². The van der Waals surface area contributed by atoms with E-state index >= 15 is 0 Å². The normalized spacial score (nSPS) is 11.7. The summed E-state index contributed by atoms with van der Waals surface area (Å²) in [6.45, 7) is 5.56. The van der Waals surface area contributed by atoms with E-state index in [9.17, 15) is 4.79 Å². The quantitative estimate of drug-likeness (QED) is 0.622. The lowest BCUT2D eigenvalue weighted by molar-refractivity contribution is 0.00753. The van der Waals surface area contributed by atoms with Crippen LogP contribution in [-0.4, -0.2) is 11.6 Å². The van der Waals surface area contributed by atoms with Crippen molar-refractivity contribution in [3.8, 4) is 0 Å². The van der Waals surface area contributed by atoms with Crippen molar-refractivity contribution in [2.24, 2.45) is 0 Å². The molecule has 1 aromatic heterocycles. The van der Waals surface area contributed by atoms with Gasteiger partial charge in [-0.05, 0) is 38.3 Å². The van der Waals surface area contributed by atoms with Crippen molar-refractivity contribution in [3.63, 3.8) is 0 Å². The minimum Gasteiger partial charge on any atom is -0.456 e. The topological polar surface area (TPSA) is 52.3 Å². The van der Waals surface area contributed by atoms with Crippen LogP contribution in [0.5, 0.6) is 0 Å². The van der Waals surface area contributed by atoms with Crippen LogP contribution in [0.3, 0.4) is 0 Å². The van der Waals surface area contributed by atoms with Crippen molar-refractivity contribution in [1.82, 2.24) is 0 Å². The second kappa shape index (κ2) is 4.04. The van der Waals surface area contributed by atoms with Gasteiger partial charge in [0.1, 0.15) is 10.5 Å². The standard InChI is InChI=1S/C13H15NO2S/c1-13(2,3)16-12(15)10-7-8-5-4-6-9(14)11(8)17-10/h4-7H,14H2,1-3H3. The van der Waals surface area contributed by atoms with E-state index in [1.54, 1.807) is 0 Å². The summed E-state index contributed by atoms with van der Waals surface area (Å²) in [6, 6.07) is 7.47. The van der Waals surface area contributed by atoms with Crippen LogP contribution in [0, 0.1) is 0 Å². The van der Waals surface area contributed by atoms with Gasteiger partial charge in [-0.25, -0.2) is 4.79 Å². The Kier molecular flexibility index (Phi) is 2.83. The van der Waals surface area contributed by atoms with Gasteiger partial charge in [-0.15, -0.1) is 11.3 Å². The number of esters is 1. The summed E-state index contributed by atoms with van der Waals surface area (Å²) in [6.07, 6.45) is 0. The number of benzene rings is 1. The van der Waals surface area contributed by atoms with Gasteiger partial charge in [0.15, 0.2) is 0 Å². The fraction of sp³-hybridized carbons (Fsp3) is 0.308. The first-order chi connectivity index (χ1) is 7.87. The summed E-state index contributed by atoms with van der Waals surface area (Å²) in [5.74, 6) is -0.293. The van der Waals surface area contributed by atoms with Gasteiger partial charge in [0.2, 0.25) is 0 Å². The average molecular weight is 249 g/mol. The Morgan fingerprint density at radius 3 is 2.65 bits per heavy atom. The van der Waals surface area contributed by atoms with Crippen molar-refractivity contribution in [3.05, 3.63) is 29.1 Å². The van der Waals surface area contributed by atoms with Gasteiger partial charge in [-0.1, -0.05) is 12.1 Å². The minimum atomic E-state index is -0.473. The number of thiophene rings is 1. The number of rotatable bonds is 1. The van der Waals surface area contributed by atoms with Crippen LogP contribution < -0.4 is 5.73 Å². The molecule has 17 heavy (non-hydrogen) atoms. The second-order valence-corrected chi connectivity index (χ2v) is 5.93. The molecule has 2 rings (SSSR count). The third-order valence-corrected chi connectivity index (χ3v) is 3.35. The molecule has 0 radical (unpaired) electrons. The lowest BCUT2D eigenvalue weighted by atomic mass is 10.2. The molecule has 0 aliphatic rings. The summed E-state index contributed by atoms with van der Waals surface area (Å²) < 4.78 is 6.26. The van der Waals surface area contributed by atoms with Gasteiger partial charge in [-0.2, -0.15) is 0 Å². The fourth-order valence-electron chi connectivity index (χ4n) is 1.51. The third kappa shape index (κ3) is 2.58. The first-order valence-corrected chi connectivity index (χ1v) is 6.20. The zero-order valence-corrected chi connectivity index (χ0v) is 10.9. The molecule has 0 aliphatic carbocycles. The number of ether oxygens (including phenoxy) is 1. The SMILES string of the molecule is CC(C)(C)OC(=O)c1cc2cccc(N)c2s1. The predicted octanol–water partition coefficient (Wildman–Crippen LogP) is 3.44. The summed E-state index contributed by atoms with van der Waals surface area (Å²) in [5.41, 5.74) is 6.08. The van der Waals surface area contributed by atoms with Crippen LogP contribution in [0.25, 0.3) is 10.1 Å². The molecule has 1 heterocycles. The molecule has 3 nitrogen and oxygen atoms in total. The molecule has 1 aromatic carbocycles. The van der Waals surface area contributed by atoms with Crippen LogP contribution in [0.15, 0.2) is 24.3 Å². The summed E-state index contributed by atoms with van der Waals surface area (Å²) >= 11 is 1.37. The van der Waals surface area contributed by atoms with E-state index in [1.165, 1.54) is 11.3 Å². The van der Waals surface area contributed by atoms with Crippen molar-refractivity contribution in [2.75, 3.05) is 5.73 Å². The number of hydrogen-bond acceptors (Lipinski definition) is 4. The Morgan fingerprint density at radius 2 is 2.06 bits per heavy atom. The molecule has 0 bridgehead atoms. The number of carbonyl (C=O) groups is 1. The van der Waals surface area contributed by atoms with Gasteiger partial charge in [0.25, 0.3) is 0 Å². The molecule has 0 spiro atoms. The van der Waals surface area contributed by atoms with E-state index in [4.69, 9.17) is 10.5 Å². The van der Waals surface area contributed by atoms with Crippen molar-refractivity contribution >= 4 is 33.1 Å². The van der Waals surface area contributed by atoms with Crippen LogP contribution in [-0.2, 0) is 4.74 Å². The molecule has 0 saturated heterocycles. The van der Waals surface area contributed by atoms with Crippen molar-refractivity contribution < 1.29 is 9.53 Å². The summed E-state index contributed by atoms with van der Waals surface area (Å²) in [5, 5.41) is 0.982. The molecule has 0 aliphatic heterocycles. The lowest BCUT2D eigenvalue weighted by Crippen LogP contribution is -2.23. The highest BCUT2D eigenvalue weighted by molar-refractivity contribution is 7.21. The van der Waals surface area contributed by atoms with Gasteiger partial charge in [0.05, 0.1) is 4.70 Å². The Hall–Kier alpha value is -1.55. The maximum Gasteiger partial charge on any atom is 0.348 e. The molecular formula is C13H15NO2S. The van der Waals surface area contributed by atoms with E-state index in [1.807, 2.05) is 45.0 Å². The number of carbonyl (C=O) groups excluding carboxylic acids is 1. The maximum atomic E-state index is 11.9. The summed E-state index contributed by atoms with van der Waals surface area (Å²) in [4.78, 5) is 12.5. The van der Waals surface area contributed by atoms with E-state index in [0.717, 1.165) is 10.1 Å². The highest BCUT2D eigenvalue weighted by Gasteiger charge is 2.19. The van der Waals surface area contributed by atoms with Crippen LogP contribution in [0.4, 0.5) is 5.69 Å². The smallest absolute Gasteiger partial charge is 0.348 e. The molecular weight excluding hydrogens is 234 g/mol. The zero-order valence-electron chi connectivity index (χ0n) is 10.1. The van der Waals surface area contributed by atoms with Crippen LogP contribution in [0.2, 0.25) is 0 Å². The Morgan fingerprint density at radius 1 is 1.35 bits per heavy atom. The van der Waals surface area contributed by atoms with E-state index < -0.39 is 5.60 Å². The fourth-order valence-corrected chi connectivity index (χ4v) is 2.48. The molecule has 0 amide bonds. The number of hydrogen-bond donors (Lipinski definition) is 1. The second-order valence-electron chi connectivity index (χ2n) is 4.88. The van der Waals surface area contributed by atoms with Crippen LogP contribution >= 0.6 is 11.3 Å². The maximum absolute atomic E-state index is 11.9. The Labute approximate surface area is 104 Å². The largest absolute Gasteiger partial charge is 0.456 e. The van der Waals surface area contributed by atoms with Crippen molar-refractivity contribution in [1.29, 1.82) is 0 Å². The van der Waals surface area contributed by atoms with E-state index in [0.29, 0.717) is 10.6 Å². The summed E-state index contributed by atoms with van der Waals surface area (Å²) in [7, 11) is 0. The van der Waals surface area contributed by atoms with E-state index in [-0.39, 0.29) is 5.97 Å². The molecule has 0 atom stereocenters. The van der Waals surface area contributed by atoms with E-state index in [2.05, 4.69) is 0 Å². The third-order valence-electron chi connectivity index (χ3n) is 2.17. The average Bonchev–Trinajstić information content (AvgIpc) is 2.60. The van der Waals surface area contributed by atoms with Gasteiger partial charge >= 0.3 is 5.97 Å². The Balaban J connectivity index is 2.37. The Bertz CT molecular complexity index is 566. The van der Waals surface area contributed by atoms with Gasteiger partial charge in [0, 0.05) is 5.69 Å². The van der Waals surface area contributed by atoms with Gasteiger partial charge in [-0.3, -0.25) is 0 Å². The lowest BCUT2D eigenvalue weighted by Gasteiger charge is -2.18. The first-order valence-electron chi connectivity index (χ1n) is 5.38. The van der Waals surface area contributed by atoms with Crippen LogP contribution in [0.1, 0.15) is 30.4 Å². The number of nitrogen functional groups attached to an aromatic ring is 1. The zero-order chi connectivity index (χ0) is 12.6. The molecule has 90 valence electrons. The number of nitrogens with two attached hydrogens (primary N) is 1. The molecule has 2 aromatic rings. The number of fused-ring (bicyclic) bond motifs is 1. The molecule has 4 heteroatoms. The molecule has 2 N–H and O–H groups in total.